The predicted molar refractivity (Wildman–Crippen MR) is 152 cm³/mol. The van der Waals surface area contributed by atoms with E-state index in [-0.39, 0.29) is 4.90 Å². The van der Waals surface area contributed by atoms with Gasteiger partial charge in [0.15, 0.2) is 0 Å². The number of esters is 1. The van der Waals surface area contributed by atoms with Crippen LogP contribution in [0.15, 0.2) is 119 Å². The molecule has 9 nitrogen and oxygen atoms in total. The Kier molecular flexibility index (Phi) is 9.27. The van der Waals surface area contributed by atoms with E-state index in [0.717, 1.165) is 4.31 Å². The van der Waals surface area contributed by atoms with E-state index in [1.165, 1.54) is 18.3 Å². The van der Waals surface area contributed by atoms with Crippen molar-refractivity contribution < 1.29 is 27.5 Å². The van der Waals surface area contributed by atoms with Crippen LogP contribution in [0.3, 0.4) is 0 Å². The van der Waals surface area contributed by atoms with Crippen molar-refractivity contribution >= 4 is 33.8 Å². The molecule has 0 fully saturated rings. The number of benzene rings is 4. The average Bonchev–Trinajstić information content (AvgIpc) is 2.98. The number of carbonyl (C=O) groups excluding carboxylic acids is 2. The summed E-state index contributed by atoms with van der Waals surface area (Å²) in [6.45, 7) is 1.81. The number of hydrazone groups is 1. The largest absolute Gasteiger partial charge is 0.494 e. The fourth-order valence-corrected chi connectivity index (χ4v) is 5.06. The van der Waals surface area contributed by atoms with E-state index in [4.69, 9.17) is 9.47 Å². The minimum absolute atomic E-state index is 0.0493. The monoisotopic (exact) mass is 557 g/mol. The van der Waals surface area contributed by atoms with Crippen molar-refractivity contribution in [3.05, 3.63) is 120 Å². The van der Waals surface area contributed by atoms with Crippen molar-refractivity contribution in [2.24, 2.45) is 5.10 Å². The third-order valence-corrected chi connectivity index (χ3v) is 7.35. The Balaban J connectivity index is 1.42. The number of anilines is 1. The molecule has 0 aromatic heterocycles. The molecule has 10 heteroatoms. The molecule has 0 saturated heterocycles. The molecule has 0 bridgehead atoms. The topological polar surface area (TPSA) is 114 Å². The lowest BCUT2D eigenvalue weighted by molar-refractivity contribution is -0.119. The summed E-state index contributed by atoms with van der Waals surface area (Å²) in [5.74, 6) is -0.180. The van der Waals surface area contributed by atoms with Crippen LogP contribution in [0.1, 0.15) is 22.8 Å². The summed E-state index contributed by atoms with van der Waals surface area (Å²) in [5, 5.41) is 3.95. The molecule has 0 aliphatic heterocycles. The van der Waals surface area contributed by atoms with Gasteiger partial charge in [0.1, 0.15) is 18.0 Å². The maximum atomic E-state index is 13.4. The number of sulfonamides is 1. The van der Waals surface area contributed by atoms with Gasteiger partial charge in [0.05, 0.1) is 29.0 Å². The van der Waals surface area contributed by atoms with E-state index in [9.17, 15) is 18.0 Å². The second-order valence-electron chi connectivity index (χ2n) is 8.37. The Labute approximate surface area is 232 Å². The van der Waals surface area contributed by atoms with Crippen molar-refractivity contribution in [2.75, 3.05) is 17.5 Å². The predicted octanol–water partition coefficient (Wildman–Crippen LogP) is 4.65. The summed E-state index contributed by atoms with van der Waals surface area (Å²) < 4.78 is 38.6. The zero-order chi connectivity index (χ0) is 28.4. The lowest BCUT2D eigenvalue weighted by Crippen LogP contribution is -2.39. The van der Waals surface area contributed by atoms with Crippen molar-refractivity contribution in [3.8, 4) is 11.5 Å². The van der Waals surface area contributed by atoms with Gasteiger partial charge in [-0.05, 0) is 85.3 Å². The van der Waals surface area contributed by atoms with Crippen molar-refractivity contribution in [2.45, 2.75) is 11.8 Å². The Morgan fingerprint density at radius 1 is 0.825 bits per heavy atom. The summed E-state index contributed by atoms with van der Waals surface area (Å²) in [5.41, 5.74) is 3.73. The van der Waals surface area contributed by atoms with Gasteiger partial charge in [0.25, 0.3) is 15.9 Å². The van der Waals surface area contributed by atoms with Gasteiger partial charge in [0, 0.05) is 0 Å². The molecule has 1 amide bonds. The zero-order valence-electron chi connectivity index (χ0n) is 21.6. The molecule has 0 unspecified atom stereocenters. The molecule has 4 aromatic rings. The Morgan fingerprint density at radius 3 is 2.05 bits per heavy atom. The molecule has 1 N–H and O–H groups in total. The van der Waals surface area contributed by atoms with E-state index in [1.54, 1.807) is 91.0 Å². The van der Waals surface area contributed by atoms with Gasteiger partial charge in [-0.2, -0.15) is 5.10 Å². The molecule has 4 aromatic carbocycles. The Bertz CT molecular complexity index is 1560. The summed E-state index contributed by atoms with van der Waals surface area (Å²) in [6.07, 6.45) is 1.40. The lowest BCUT2D eigenvalue weighted by Gasteiger charge is -2.24. The molecule has 0 aliphatic carbocycles. The fraction of sp³-hybridized carbons (Fsp3) is 0.100. The summed E-state index contributed by atoms with van der Waals surface area (Å²) in [4.78, 5) is 25.0. The van der Waals surface area contributed by atoms with E-state index in [2.05, 4.69) is 10.5 Å². The molecular weight excluding hydrogens is 530 g/mol. The summed E-state index contributed by atoms with van der Waals surface area (Å²) in [7, 11) is -4.05. The van der Waals surface area contributed by atoms with Gasteiger partial charge in [-0.3, -0.25) is 9.10 Å². The van der Waals surface area contributed by atoms with Gasteiger partial charge in [-0.1, -0.05) is 36.4 Å². The highest BCUT2D eigenvalue weighted by atomic mass is 32.2. The van der Waals surface area contributed by atoms with Crippen molar-refractivity contribution in [3.63, 3.8) is 0 Å². The molecule has 40 heavy (non-hydrogen) atoms. The number of ether oxygens (including phenoxy) is 2. The first kappa shape index (κ1) is 28.1. The highest BCUT2D eigenvalue weighted by Crippen LogP contribution is 2.25. The number of hydrogen-bond donors (Lipinski definition) is 1. The van der Waals surface area contributed by atoms with E-state index < -0.39 is 28.4 Å². The molecular formula is C30H27N3O6S. The SMILES string of the molecule is CCOc1ccc(N(CC(=O)N/N=C/c2ccc(OC(=O)c3ccccc3)cc2)S(=O)(=O)c2ccccc2)cc1. The third-order valence-electron chi connectivity index (χ3n) is 5.56. The number of carbonyl (C=O) groups is 2. The second-order valence-corrected chi connectivity index (χ2v) is 10.2. The molecule has 0 heterocycles. The summed E-state index contributed by atoms with van der Waals surface area (Å²) in [6, 6.07) is 29.5. The van der Waals surface area contributed by atoms with Gasteiger partial charge < -0.3 is 9.47 Å². The van der Waals surface area contributed by atoms with Gasteiger partial charge in [-0.15, -0.1) is 0 Å². The van der Waals surface area contributed by atoms with Crippen LogP contribution < -0.4 is 19.2 Å². The standard InChI is InChI=1S/C30H27N3O6S/c1-2-38-26-19-15-25(16-20-26)33(40(36,37)28-11-7-4-8-12-28)22-29(34)32-31-21-23-13-17-27(18-14-23)39-30(35)24-9-5-3-6-10-24/h3-21H,2,22H2,1H3,(H,32,34)/b31-21+. The fourth-order valence-electron chi connectivity index (χ4n) is 3.62. The first-order valence-electron chi connectivity index (χ1n) is 12.4. The zero-order valence-corrected chi connectivity index (χ0v) is 22.5. The number of rotatable bonds is 11. The van der Waals surface area contributed by atoms with E-state index in [0.29, 0.717) is 34.9 Å². The minimum atomic E-state index is -4.05. The smallest absolute Gasteiger partial charge is 0.343 e. The number of nitrogens with one attached hydrogen (secondary N) is 1. The third kappa shape index (κ3) is 7.33. The highest BCUT2D eigenvalue weighted by Gasteiger charge is 2.27. The van der Waals surface area contributed by atoms with Gasteiger partial charge >= 0.3 is 5.97 Å². The lowest BCUT2D eigenvalue weighted by atomic mass is 10.2. The molecule has 204 valence electrons. The van der Waals surface area contributed by atoms with Crippen LogP contribution in [0.4, 0.5) is 5.69 Å². The number of nitrogens with zero attached hydrogens (tertiary/aromatic N) is 2. The first-order valence-corrected chi connectivity index (χ1v) is 13.8. The summed E-state index contributed by atoms with van der Waals surface area (Å²) >= 11 is 0. The highest BCUT2D eigenvalue weighted by molar-refractivity contribution is 7.92. The van der Waals surface area contributed by atoms with E-state index in [1.807, 2.05) is 13.0 Å². The van der Waals surface area contributed by atoms with Crippen LogP contribution in [0.2, 0.25) is 0 Å². The normalized spacial score (nSPS) is 11.1. The quantitative estimate of drug-likeness (QED) is 0.124. The van der Waals surface area contributed by atoms with Crippen molar-refractivity contribution in [1.82, 2.24) is 5.43 Å². The molecule has 4 rings (SSSR count). The number of amides is 1. The van der Waals surface area contributed by atoms with Crippen LogP contribution >= 0.6 is 0 Å². The first-order chi connectivity index (χ1) is 19.4. The molecule has 0 aliphatic rings. The Hall–Kier alpha value is -4.96. The van der Waals surface area contributed by atoms with Crippen LogP contribution in [0.25, 0.3) is 0 Å². The van der Waals surface area contributed by atoms with Crippen LogP contribution in [0, 0.1) is 0 Å². The van der Waals surface area contributed by atoms with Crippen LogP contribution in [0.5, 0.6) is 11.5 Å². The van der Waals surface area contributed by atoms with Gasteiger partial charge in [-0.25, -0.2) is 18.6 Å². The van der Waals surface area contributed by atoms with Crippen LogP contribution in [-0.2, 0) is 14.8 Å². The number of hydrogen-bond acceptors (Lipinski definition) is 7. The maximum Gasteiger partial charge on any atom is 0.343 e. The molecule has 0 spiro atoms. The second kappa shape index (κ2) is 13.2. The van der Waals surface area contributed by atoms with Gasteiger partial charge in [0.2, 0.25) is 0 Å². The minimum Gasteiger partial charge on any atom is -0.494 e. The average molecular weight is 558 g/mol. The van der Waals surface area contributed by atoms with Crippen LogP contribution in [-0.4, -0.2) is 39.7 Å². The molecule has 0 saturated carbocycles. The van der Waals surface area contributed by atoms with E-state index >= 15 is 0 Å². The molecule has 0 radical (unpaired) electrons. The van der Waals surface area contributed by atoms with Crippen molar-refractivity contribution in [1.29, 1.82) is 0 Å². The maximum absolute atomic E-state index is 13.4. The Morgan fingerprint density at radius 2 is 1.43 bits per heavy atom. The molecule has 0 atom stereocenters.